The molecule has 98 valence electrons. The molecule has 0 saturated heterocycles. The highest BCUT2D eigenvalue weighted by molar-refractivity contribution is 7.83. The second-order valence-corrected chi connectivity index (χ2v) is 4.10. The number of benzene rings is 1. The summed E-state index contributed by atoms with van der Waals surface area (Å²) in [6.45, 7) is 6.02. The standard InChI is InChI=1S/C8H10O.C3H6ClNS.C2H6/c1-2-7-5-3-4-6-8(7)9;1-5(2)3(4)6;1-2/h3-6,9H,2H2,1H3;1-2H3;1-2H3. The Morgan fingerprint density at radius 1 is 1.29 bits per heavy atom. The van der Waals surface area contributed by atoms with Crippen molar-refractivity contribution >= 4 is 28.3 Å². The maximum absolute atomic E-state index is 9.11. The number of rotatable bonds is 1. The Kier molecular flexibility index (Phi) is 12.8. The zero-order valence-electron chi connectivity index (χ0n) is 11.2. The SMILES string of the molecule is CC.CCc1ccccc1O.CN(C)C(=S)Cl. The van der Waals surface area contributed by atoms with Crippen LogP contribution in [0, 0.1) is 0 Å². The Morgan fingerprint density at radius 2 is 1.71 bits per heavy atom. The molecule has 0 atom stereocenters. The monoisotopic (exact) mass is 275 g/mol. The Balaban J connectivity index is 0. The first-order chi connectivity index (χ1) is 7.99. The van der Waals surface area contributed by atoms with Gasteiger partial charge >= 0.3 is 0 Å². The van der Waals surface area contributed by atoms with Gasteiger partial charge in [-0.3, -0.25) is 0 Å². The fourth-order valence-corrected chi connectivity index (χ4v) is 0.810. The first-order valence-electron chi connectivity index (χ1n) is 5.62. The quantitative estimate of drug-likeness (QED) is 0.475. The van der Waals surface area contributed by atoms with Gasteiger partial charge in [0, 0.05) is 14.1 Å². The molecular weight excluding hydrogens is 254 g/mol. The van der Waals surface area contributed by atoms with Crippen molar-refractivity contribution in [3.05, 3.63) is 29.8 Å². The first-order valence-corrected chi connectivity index (χ1v) is 6.41. The van der Waals surface area contributed by atoms with E-state index < -0.39 is 0 Å². The molecule has 0 aliphatic rings. The summed E-state index contributed by atoms with van der Waals surface area (Å²) in [5, 5.41) is 9.11. The second kappa shape index (κ2) is 11.7. The lowest BCUT2D eigenvalue weighted by atomic mass is 10.1. The topological polar surface area (TPSA) is 23.5 Å². The van der Waals surface area contributed by atoms with E-state index in [9.17, 15) is 0 Å². The minimum absolute atomic E-state index is 0.398. The van der Waals surface area contributed by atoms with Crippen LogP contribution in [-0.4, -0.2) is 28.5 Å². The van der Waals surface area contributed by atoms with Gasteiger partial charge in [-0.25, -0.2) is 0 Å². The van der Waals surface area contributed by atoms with E-state index >= 15 is 0 Å². The lowest BCUT2D eigenvalue weighted by Gasteiger charge is -2.03. The molecule has 0 spiro atoms. The number of halogens is 1. The van der Waals surface area contributed by atoms with Crippen LogP contribution < -0.4 is 0 Å². The largest absolute Gasteiger partial charge is 0.508 e. The van der Waals surface area contributed by atoms with Crippen LogP contribution in [0.4, 0.5) is 0 Å². The minimum atomic E-state index is 0.398. The summed E-state index contributed by atoms with van der Waals surface area (Å²) < 4.78 is 0.398. The normalized spacial score (nSPS) is 8.12. The van der Waals surface area contributed by atoms with Crippen molar-refractivity contribution in [2.75, 3.05) is 14.1 Å². The molecule has 2 nitrogen and oxygen atoms in total. The predicted molar refractivity (Wildman–Crippen MR) is 81.0 cm³/mol. The van der Waals surface area contributed by atoms with Gasteiger partial charge in [0.15, 0.2) is 4.45 Å². The molecular formula is C13H22ClNOS. The highest BCUT2D eigenvalue weighted by Crippen LogP contribution is 2.14. The van der Waals surface area contributed by atoms with Crippen molar-refractivity contribution in [2.24, 2.45) is 0 Å². The van der Waals surface area contributed by atoms with E-state index in [1.807, 2.05) is 39.0 Å². The third-order valence-electron chi connectivity index (χ3n) is 1.72. The number of aryl methyl sites for hydroxylation is 1. The van der Waals surface area contributed by atoms with Crippen molar-refractivity contribution < 1.29 is 5.11 Å². The zero-order valence-corrected chi connectivity index (χ0v) is 12.8. The van der Waals surface area contributed by atoms with Crippen LogP contribution in [0.5, 0.6) is 5.75 Å². The van der Waals surface area contributed by atoms with Gasteiger partial charge in [-0.05, 0) is 30.3 Å². The molecule has 17 heavy (non-hydrogen) atoms. The lowest BCUT2D eigenvalue weighted by Crippen LogP contribution is -2.12. The van der Waals surface area contributed by atoms with Gasteiger partial charge in [-0.1, -0.05) is 50.6 Å². The number of hydrogen-bond donors (Lipinski definition) is 1. The number of nitrogens with zero attached hydrogens (tertiary/aromatic N) is 1. The van der Waals surface area contributed by atoms with Crippen LogP contribution in [0.15, 0.2) is 24.3 Å². The number of hydrogen-bond acceptors (Lipinski definition) is 2. The molecule has 0 fully saturated rings. The minimum Gasteiger partial charge on any atom is -0.508 e. The molecule has 0 aliphatic carbocycles. The van der Waals surface area contributed by atoms with Crippen molar-refractivity contribution in [1.82, 2.24) is 4.90 Å². The summed E-state index contributed by atoms with van der Waals surface area (Å²) >= 11 is 9.78. The summed E-state index contributed by atoms with van der Waals surface area (Å²) in [4.78, 5) is 1.66. The maximum Gasteiger partial charge on any atom is 0.169 e. The molecule has 0 saturated carbocycles. The van der Waals surface area contributed by atoms with Crippen LogP contribution >= 0.6 is 23.8 Å². The summed E-state index contributed by atoms with van der Waals surface area (Å²) in [5.41, 5.74) is 1.01. The first kappa shape index (κ1) is 18.6. The van der Waals surface area contributed by atoms with E-state index in [1.54, 1.807) is 25.1 Å². The summed E-state index contributed by atoms with van der Waals surface area (Å²) in [6.07, 6.45) is 0.896. The summed E-state index contributed by atoms with van der Waals surface area (Å²) in [7, 11) is 3.60. The highest BCUT2D eigenvalue weighted by atomic mass is 35.5. The molecule has 4 heteroatoms. The van der Waals surface area contributed by atoms with E-state index in [0.29, 0.717) is 10.2 Å². The molecule has 0 bridgehead atoms. The molecule has 1 rings (SSSR count). The van der Waals surface area contributed by atoms with Crippen LogP contribution in [0.25, 0.3) is 0 Å². The summed E-state index contributed by atoms with van der Waals surface area (Å²) in [5.74, 6) is 0.403. The van der Waals surface area contributed by atoms with Crippen molar-refractivity contribution in [1.29, 1.82) is 0 Å². The fraction of sp³-hybridized carbons (Fsp3) is 0.462. The van der Waals surface area contributed by atoms with Crippen molar-refractivity contribution in [2.45, 2.75) is 27.2 Å². The fourth-order valence-electron chi connectivity index (χ4n) is 0.810. The molecule has 1 N–H and O–H groups in total. The van der Waals surface area contributed by atoms with Gasteiger partial charge in [0.1, 0.15) is 5.75 Å². The number of aromatic hydroxyl groups is 1. The number of para-hydroxylation sites is 1. The van der Waals surface area contributed by atoms with E-state index in [0.717, 1.165) is 12.0 Å². The molecule has 0 aromatic heterocycles. The van der Waals surface area contributed by atoms with Gasteiger partial charge in [0.2, 0.25) is 0 Å². The Bertz CT molecular complexity index is 316. The Hall–Kier alpha value is -0.800. The molecule has 0 heterocycles. The van der Waals surface area contributed by atoms with Crippen LogP contribution in [-0.2, 0) is 6.42 Å². The van der Waals surface area contributed by atoms with Gasteiger partial charge < -0.3 is 10.0 Å². The van der Waals surface area contributed by atoms with Gasteiger partial charge in [-0.2, -0.15) is 0 Å². The van der Waals surface area contributed by atoms with Gasteiger partial charge in [-0.15, -0.1) is 0 Å². The second-order valence-electron chi connectivity index (χ2n) is 3.13. The van der Waals surface area contributed by atoms with Crippen LogP contribution in [0.2, 0.25) is 0 Å². The number of thiocarbonyl (C=S) groups is 1. The van der Waals surface area contributed by atoms with Crippen molar-refractivity contribution in [3.63, 3.8) is 0 Å². The average molecular weight is 276 g/mol. The third-order valence-corrected chi connectivity index (χ3v) is 2.43. The Labute approximate surface area is 115 Å². The predicted octanol–water partition coefficient (Wildman–Crippen LogP) is 4.05. The number of phenolic OH excluding ortho intramolecular Hbond substituents is 1. The zero-order chi connectivity index (χ0) is 13.8. The Morgan fingerprint density at radius 3 is 1.94 bits per heavy atom. The lowest BCUT2D eigenvalue weighted by molar-refractivity contribution is 0.469. The van der Waals surface area contributed by atoms with E-state index in [2.05, 4.69) is 12.2 Å². The molecule has 0 aliphatic heterocycles. The molecule has 1 aromatic rings. The van der Waals surface area contributed by atoms with Crippen LogP contribution in [0.3, 0.4) is 0 Å². The molecule has 1 aromatic carbocycles. The molecule has 0 radical (unpaired) electrons. The smallest absolute Gasteiger partial charge is 0.169 e. The van der Waals surface area contributed by atoms with E-state index in [4.69, 9.17) is 16.7 Å². The van der Waals surface area contributed by atoms with E-state index in [1.165, 1.54) is 0 Å². The average Bonchev–Trinajstić information content (AvgIpc) is 2.33. The third kappa shape index (κ3) is 10.1. The maximum atomic E-state index is 9.11. The van der Waals surface area contributed by atoms with Gasteiger partial charge in [0.05, 0.1) is 0 Å². The summed E-state index contributed by atoms with van der Waals surface area (Å²) in [6, 6.07) is 7.39. The van der Waals surface area contributed by atoms with Crippen LogP contribution in [0.1, 0.15) is 26.3 Å². The van der Waals surface area contributed by atoms with Crippen molar-refractivity contribution in [3.8, 4) is 5.75 Å². The molecule has 0 amide bonds. The molecule has 0 unspecified atom stereocenters. The number of phenols is 1. The van der Waals surface area contributed by atoms with E-state index in [-0.39, 0.29) is 0 Å². The highest BCUT2D eigenvalue weighted by Gasteiger charge is 1.92. The van der Waals surface area contributed by atoms with Gasteiger partial charge in [0.25, 0.3) is 0 Å².